The number of carbonyl (C=O) groups excluding carboxylic acids is 1. The van der Waals surface area contributed by atoms with Gasteiger partial charge in [0, 0.05) is 22.5 Å². The summed E-state index contributed by atoms with van der Waals surface area (Å²) in [6.45, 7) is 0.261. The number of amides is 1. The lowest BCUT2D eigenvalue weighted by molar-refractivity contribution is 0.0995. The van der Waals surface area contributed by atoms with E-state index in [0.717, 1.165) is 22.6 Å². The molecule has 1 amide bonds. The van der Waals surface area contributed by atoms with Crippen molar-refractivity contribution in [2.45, 2.75) is 11.9 Å². The Hall–Kier alpha value is -2.84. The number of nitrogens with one attached hydrogen (secondary N) is 1. The van der Waals surface area contributed by atoms with Crippen LogP contribution >= 0.6 is 23.4 Å². The van der Waals surface area contributed by atoms with Gasteiger partial charge in [0.1, 0.15) is 17.6 Å². The first-order valence-electron chi connectivity index (χ1n) is 8.47. The number of amidine groups is 1. The summed E-state index contributed by atoms with van der Waals surface area (Å²) in [4.78, 5) is 19.8. The van der Waals surface area contributed by atoms with Crippen molar-refractivity contribution in [3.05, 3.63) is 70.5 Å². The lowest BCUT2D eigenvalue weighted by atomic mass is 10.1. The molecule has 7 nitrogen and oxygen atoms in total. The van der Waals surface area contributed by atoms with Crippen molar-refractivity contribution in [1.29, 1.82) is 0 Å². The van der Waals surface area contributed by atoms with Crippen molar-refractivity contribution in [3.8, 4) is 0 Å². The smallest absolute Gasteiger partial charge is 0.267 e. The largest absolute Gasteiger partial charge is 0.474 e. The molecule has 2 aliphatic heterocycles. The maximum atomic E-state index is 11.3. The molecule has 0 radical (unpaired) electrons. The van der Waals surface area contributed by atoms with Crippen LogP contribution in [-0.2, 0) is 11.3 Å². The Kier molecular flexibility index (Phi) is 5.31. The number of thioether (sulfide) groups is 1. The highest BCUT2D eigenvalue weighted by molar-refractivity contribution is 8.01. The molecule has 9 heteroatoms. The van der Waals surface area contributed by atoms with E-state index < -0.39 is 5.91 Å². The van der Waals surface area contributed by atoms with Crippen LogP contribution in [0.3, 0.4) is 0 Å². The fourth-order valence-corrected chi connectivity index (χ4v) is 4.03. The molecule has 0 spiro atoms. The Balaban J connectivity index is 1.50. The van der Waals surface area contributed by atoms with E-state index in [1.54, 1.807) is 36.0 Å². The Morgan fingerprint density at radius 2 is 2.18 bits per heavy atom. The number of nitrogens with two attached hydrogens (primary N) is 1. The molecule has 1 unspecified atom stereocenters. The van der Waals surface area contributed by atoms with Crippen LogP contribution in [0.25, 0.3) is 0 Å². The van der Waals surface area contributed by atoms with Crippen molar-refractivity contribution in [2.24, 2.45) is 15.8 Å². The van der Waals surface area contributed by atoms with Crippen LogP contribution in [0, 0.1) is 0 Å². The van der Waals surface area contributed by atoms with E-state index in [1.165, 1.54) is 6.20 Å². The second kappa shape index (κ2) is 8.04. The minimum absolute atomic E-state index is 0.0234. The van der Waals surface area contributed by atoms with Gasteiger partial charge in [0.25, 0.3) is 5.91 Å². The Labute approximate surface area is 170 Å². The van der Waals surface area contributed by atoms with Crippen LogP contribution in [0.5, 0.6) is 0 Å². The fourth-order valence-electron chi connectivity index (χ4n) is 2.79. The van der Waals surface area contributed by atoms with E-state index >= 15 is 0 Å². The molecule has 0 bridgehead atoms. The quantitative estimate of drug-likeness (QED) is 0.802. The summed E-state index contributed by atoms with van der Waals surface area (Å²) in [6, 6.07) is 10.7. The van der Waals surface area contributed by atoms with Crippen molar-refractivity contribution in [3.63, 3.8) is 0 Å². The van der Waals surface area contributed by atoms with Gasteiger partial charge in [-0.1, -0.05) is 17.7 Å². The number of primary amides is 1. The third-order valence-electron chi connectivity index (χ3n) is 4.15. The molecule has 2 aliphatic rings. The number of rotatable bonds is 4. The zero-order valence-corrected chi connectivity index (χ0v) is 16.2. The predicted octanol–water partition coefficient (Wildman–Crippen LogP) is 3.04. The van der Waals surface area contributed by atoms with Crippen LogP contribution in [0.2, 0.25) is 5.02 Å². The number of fused-ring (bicyclic) bond motifs is 1. The number of hydrogen-bond donors (Lipinski definition) is 2. The van der Waals surface area contributed by atoms with E-state index in [2.05, 4.69) is 26.6 Å². The summed E-state index contributed by atoms with van der Waals surface area (Å²) in [5, 5.41) is 5.00. The highest BCUT2D eigenvalue weighted by atomic mass is 35.5. The molecule has 0 fully saturated rings. The van der Waals surface area contributed by atoms with Crippen LogP contribution < -0.4 is 11.2 Å². The number of ether oxygens (including phenoxy) is 1. The lowest BCUT2D eigenvalue weighted by Gasteiger charge is -2.23. The van der Waals surface area contributed by atoms with Crippen LogP contribution in [0.4, 0.5) is 5.69 Å². The molecule has 4 rings (SSSR count). The van der Waals surface area contributed by atoms with Gasteiger partial charge in [-0.05, 0) is 42.0 Å². The van der Waals surface area contributed by atoms with Gasteiger partial charge in [-0.2, -0.15) is 0 Å². The number of halogens is 1. The van der Waals surface area contributed by atoms with Crippen LogP contribution in [0.1, 0.15) is 16.1 Å². The molecule has 2 aromatic rings. The Morgan fingerprint density at radius 3 is 2.96 bits per heavy atom. The molecule has 0 saturated carbocycles. The summed E-state index contributed by atoms with van der Waals surface area (Å²) < 4.78 is 5.91. The van der Waals surface area contributed by atoms with Crippen molar-refractivity contribution >= 4 is 46.7 Å². The monoisotopic (exact) mass is 413 g/mol. The number of pyridine rings is 1. The molecular formula is C19H16ClN5O2S. The van der Waals surface area contributed by atoms with Crippen LogP contribution in [-0.4, -0.2) is 33.6 Å². The number of carbonyl (C=O) groups is 1. The van der Waals surface area contributed by atoms with Gasteiger partial charge in [-0.25, -0.2) is 4.99 Å². The number of hydrogen-bond acceptors (Lipinski definition) is 6. The van der Waals surface area contributed by atoms with Crippen molar-refractivity contribution < 1.29 is 9.53 Å². The minimum Gasteiger partial charge on any atom is -0.474 e. The molecular weight excluding hydrogens is 398 g/mol. The lowest BCUT2D eigenvalue weighted by Crippen LogP contribution is -2.37. The summed E-state index contributed by atoms with van der Waals surface area (Å²) in [5.74, 6) is 1.55. The summed E-state index contributed by atoms with van der Waals surface area (Å²) in [6.07, 6.45) is 3.65. The van der Waals surface area contributed by atoms with Crippen molar-refractivity contribution in [2.75, 3.05) is 5.75 Å². The topological polar surface area (TPSA) is 102 Å². The van der Waals surface area contributed by atoms with Crippen LogP contribution in [0.15, 0.2) is 64.3 Å². The molecule has 0 aliphatic carbocycles. The van der Waals surface area contributed by atoms with E-state index in [-0.39, 0.29) is 17.6 Å². The summed E-state index contributed by atoms with van der Waals surface area (Å²) in [7, 11) is 0. The number of aromatic nitrogens is 1. The van der Waals surface area contributed by atoms with Gasteiger partial charge in [-0.3, -0.25) is 15.2 Å². The molecule has 142 valence electrons. The van der Waals surface area contributed by atoms with Crippen molar-refractivity contribution in [1.82, 2.24) is 10.4 Å². The molecule has 1 aromatic heterocycles. The van der Waals surface area contributed by atoms with Gasteiger partial charge in [0.2, 0.25) is 5.90 Å². The standard InChI is InChI=1S/C19H16ClN5O2S/c20-12-1-3-13(4-2-12)23-18-14-6-8-28-16(14)19(25-24-18)27-10-11-5-7-22-15(9-11)17(21)26/h1-7,9,16H,8,10H2,(H2,21,26)(H,23,24). The van der Waals surface area contributed by atoms with E-state index in [9.17, 15) is 4.79 Å². The maximum absolute atomic E-state index is 11.3. The molecule has 28 heavy (non-hydrogen) atoms. The third kappa shape index (κ3) is 4.02. The number of aliphatic imine (C=N–C) groups is 1. The van der Waals surface area contributed by atoms with Gasteiger partial charge >= 0.3 is 0 Å². The Bertz CT molecular complexity index is 1000. The molecule has 3 heterocycles. The van der Waals surface area contributed by atoms with E-state index in [4.69, 9.17) is 22.1 Å². The second-order valence-corrected chi connectivity index (χ2v) is 7.65. The predicted molar refractivity (Wildman–Crippen MR) is 111 cm³/mol. The van der Waals surface area contributed by atoms with Gasteiger partial charge in [-0.15, -0.1) is 16.9 Å². The first-order valence-corrected chi connectivity index (χ1v) is 9.90. The molecule has 3 N–H and O–H groups in total. The second-order valence-electron chi connectivity index (χ2n) is 6.07. The molecule has 0 saturated heterocycles. The average Bonchev–Trinajstić information content (AvgIpc) is 3.20. The SMILES string of the molecule is NC(=O)c1cc(COC2=NNC(=Nc3ccc(Cl)cc3)C3=CCSC32)ccn1. The number of benzene rings is 1. The highest BCUT2D eigenvalue weighted by Crippen LogP contribution is 2.32. The normalized spacial score (nSPS) is 19.5. The third-order valence-corrected chi connectivity index (χ3v) is 5.55. The zero-order chi connectivity index (χ0) is 19.5. The number of hydrazone groups is 1. The Morgan fingerprint density at radius 1 is 1.36 bits per heavy atom. The van der Waals surface area contributed by atoms with Gasteiger partial charge in [0.05, 0.1) is 5.69 Å². The first kappa shape index (κ1) is 18.5. The van der Waals surface area contributed by atoms with E-state index in [0.29, 0.717) is 16.8 Å². The summed E-state index contributed by atoms with van der Waals surface area (Å²) >= 11 is 7.65. The molecule has 1 aromatic carbocycles. The zero-order valence-electron chi connectivity index (χ0n) is 14.6. The number of nitrogens with zero attached hydrogens (tertiary/aromatic N) is 3. The van der Waals surface area contributed by atoms with Gasteiger partial charge < -0.3 is 10.5 Å². The summed E-state index contributed by atoms with van der Waals surface area (Å²) in [5.41, 5.74) is 11.1. The van der Waals surface area contributed by atoms with Gasteiger partial charge in [0.15, 0.2) is 5.84 Å². The molecule has 1 atom stereocenters. The highest BCUT2D eigenvalue weighted by Gasteiger charge is 2.33. The maximum Gasteiger partial charge on any atom is 0.267 e. The minimum atomic E-state index is -0.571. The first-order chi connectivity index (χ1) is 13.6. The fraction of sp³-hybridized carbons (Fsp3) is 0.158. The average molecular weight is 414 g/mol. The van der Waals surface area contributed by atoms with E-state index in [1.807, 2.05) is 12.1 Å².